The number of rotatable bonds is 0. The second-order valence-electron chi connectivity index (χ2n) is 3.31. The van der Waals surface area contributed by atoms with E-state index in [-0.39, 0.29) is 0 Å². The molecule has 1 aromatic carbocycles. The second-order valence-corrected chi connectivity index (χ2v) is 4.08. The summed E-state index contributed by atoms with van der Waals surface area (Å²) in [5.74, 6) is 0. The van der Waals surface area contributed by atoms with Crippen LogP contribution in [0, 0.1) is 0 Å². The number of nitrogens with zero attached hydrogens (tertiary/aromatic N) is 1. The van der Waals surface area contributed by atoms with E-state index in [0.717, 1.165) is 21.8 Å². The normalized spacial score (nSPS) is 11.3. The number of fused-ring (bicyclic) bond motifs is 3. The fourth-order valence-electron chi connectivity index (χ4n) is 1.78. The van der Waals surface area contributed by atoms with Crippen LogP contribution in [0.3, 0.4) is 0 Å². The molecule has 2 heterocycles. The first kappa shape index (κ1) is 9.01. The number of nitrogens with one attached hydrogen (secondary N) is 1. The van der Waals surface area contributed by atoms with Crippen LogP contribution in [0.5, 0.6) is 0 Å². The summed E-state index contributed by atoms with van der Waals surface area (Å²) in [6.45, 7) is 0. The minimum Gasteiger partial charge on any atom is -0.351 e. The lowest BCUT2D eigenvalue weighted by atomic mass is 10.2. The Kier molecular flexibility index (Phi) is 1.87. The van der Waals surface area contributed by atoms with Gasteiger partial charge in [-0.1, -0.05) is 35.3 Å². The predicted octanol–water partition coefficient (Wildman–Crippen LogP) is 4.02. The lowest BCUT2D eigenvalue weighted by molar-refractivity contribution is 1.35. The predicted molar refractivity (Wildman–Crippen MR) is 63.6 cm³/mol. The fraction of sp³-hybridized carbons (Fsp3) is 0. The quantitative estimate of drug-likeness (QED) is 0.587. The Morgan fingerprint density at radius 1 is 1.00 bits per heavy atom. The van der Waals surface area contributed by atoms with Crippen LogP contribution < -0.4 is 0 Å². The van der Waals surface area contributed by atoms with Crippen molar-refractivity contribution in [3.8, 4) is 0 Å². The zero-order valence-corrected chi connectivity index (χ0v) is 9.10. The van der Waals surface area contributed by atoms with E-state index in [1.807, 2.05) is 24.3 Å². The van der Waals surface area contributed by atoms with E-state index in [9.17, 15) is 0 Å². The summed E-state index contributed by atoms with van der Waals surface area (Å²) in [6.07, 6.45) is 1.69. The second kappa shape index (κ2) is 3.12. The molecule has 0 saturated heterocycles. The number of hydrogen-bond acceptors (Lipinski definition) is 1. The molecule has 4 heteroatoms. The molecule has 0 amide bonds. The first-order valence-electron chi connectivity index (χ1n) is 4.48. The first-order chi connectivity index (χ1) is 7.27. The van der Waals surface area contributed by atoms with E-state index < -0.39 is 0 Å². The van der Waals surface area contributed by atoms with Gasteiger partial charge in [0.1, 0.15) is 0 Å². The summed E-state index contributed by atoms with van der Waals surface area (Å²) >= 11 is 12.1. The van der Waals surface area contributed by atoms with Crippen LogP contribution in [0.1, 0.15) is 0 Å². The smallest absolute Gasteiger partial charge is 0.153 e. The molecule has 15 heavy (non-hydrogen) atoms. The molecule has 3 aromatic rings. The highest BCUT2D eigenvalue weighted by Gasteiger charge is 2.08. The minimum atomic E-state index is 0.472. The molecule has 0 saturated carbocycles. The van der Waals surface area contributed by atoms with Gasteiger partial charge in [-0.15, -0.1) is 0 Å². The van der Waals surface area contributed by atoms with Gasteiger partial charge in [0.2, 0.25) is 0 Å². The molecule has 1 N–H and O–H groups in total. The molecule has 0 aliphatic carbocycles. The summed E-state index contributed by atoms with van der Waals surface area (Å²) < 4.78 is 0. The van der Waals surface area contributed by atoms with Crippen LogP contribution in [-0.4, -0.2) is 9.97 Å². The molecule has 74 valence electrons. The van der Waals surface area contributed by atoms with Crippen molar-refractivity contribution < 1.29 is 0 Å². The van der Waals surface area contributed by atoms with Crippen molar-refractivity contribution in [1.82, 2.24) is 9.97 Å². The van der Waals surface area contributed by atoms with Crippen molar-refractivity contribution in [2.24, 2.45) is 0 Å². The molecule has 0 aliphatic heterocycles. The van der Waals surface area contributed by atoms with Gasteiger partial charge in [0.15, 0.2) is 5.15 Å². The highest BCUT2D eigenvalue weighted by atomic mass is 35.5. The van der Waals surface area contributed by atoms with Gasteiger partial charge in [0.25, 0.3) is 0 Å². The van der Waals surface area contributed by atoms with Crippen molar-refractivity contribution in [1.29, 1.82) is 0 Å². The van der Waals surface area contributed by atoms with Gasteiger partial charge < -0.3 is 4.98 Å². The molecule has 0 bridgehead atoms. The Labute approximate surface area is 95.8 Å². The number of pyridine rings is 1. The van der Waals surface area contributed by atoms with E-state index >= 15 is 0 Å². The lowest BCUT2D eigenvalue weighted by Crippen LogP contribution is -1.74. The molecule has 3 rings (SSSR count). The van der Waals surface area contributed by atoms with Crippen LogP contribution >= 0.6 is 23.2 Å². The molecule has 0 radical (unpaired) electrons. The molecule has 2 aromatic heterocycles. The molecular formula is C11H6Cl2N2. The first-order valence-corrected chi connectivity index (χ1v) is 5.23. The zero-order chi connectivity index (χ0) is 10.4. The van der Waals surface area contributed by atoms with Gasteiger partial charge in [0, 0.05) is 17.0 Å². The third kappa shape index (κ3) is 1.22. The monoisotopic (exact) mass is 236 g/mol. The van der Waals surface area contributed by atoms with E-state index in [1.165, 1.54) is 0 Å². The largest absolute Gasteiger partial charge is 0.351 e. The Balaban J connectivity index is 2.63. The summed E-state index contributed by atoms with van der Waals surface area (Å²) in [5.41, 5.74) is 1.74. The maximum Gasteiger partial charge on any atom is 0.153 e. The number of H-pyrrole nitrogens is 1. The van der Waals surface area contributed by atoms with Gasteiger partial charge in [-0.25, -0.2) is 4.98 Å². The Morgan fingerprint density at radius 2 is 1.80 bits per heavy atom. The van der Waals surface area contributed by atoms with Crippen molar-refractivity contribution in [2.75, 3.05) is 0 Å². The molecule has 2 nitrogen and oxygen atoms in total. The van der Waals surface area contributed by atoms with E-state index in [4.69, 9.17) is 23.2 Å². The molecule has 0 fully saturated rings. The highest BCUT2D eigenvalue weighted by Crippen LogP contribution is 2.32. The average Bonchev–Trinajstić information content (AvgIpc) is 2.60. The molecule has 0 spiro atoms. The summed E-state index contributed by atoms with van der Waals surface area (Å²) in [6, 6.07) is 7.71. The average molecular weight is 237 g/mol. The molecule has 0 atom stereocenters. The number of halogens is 2. The Bertz CT molecular complexity index is 602. The van der Waals surface area contributed by atoms with Crippen LogP contribution in [0.2, 0.25) is 10.2 Å². The molecule has 0 unspecified atom stereocenters. The van der Waals surface area contributed by atoms with Crippen molar-refractivity contribution in [2.45, 2.75) is 0 Å². The van der Waals surface area contributed by atoms with Crippen LogP contribution in [0.25, 0.3) is 21.8 Å². The number of aromatic amines is 1. The highest BCUT2D eigenvalue weighted by molar-refractivity contribution is 6.38. The number of para-hydroxylation sites is 1. The summed E-state index contributed by atoms with van der Waals surface area (Å²) in [7, 11) is 0. The third-order valence-corrected chi connectivity index (χ3v) is 3.06. The fourth-order valence-corrected chi connectivity index (χ4v) is 2.21. The Hall–Kier alpha value is -1.25. The zero-order valence-electron chi connectivity index (χ0n) is 7.59. The van der Waals surface area contributed by atoms with Gasteiger partial charge in [-0.05, 0) is 12.1 Å². The maximum atomic E-state index is 6.09. The van der Waals surface area contributed by atoms with Gasteiger partial charge in [-0.3, -0.25) is 0 Å². The maximum absolute atomic E-state index is 6.09. The number of aromatic nitrogens is 2. The van der Waals surface area contributed by atoms with Crippen molar-refractivity contribution in [3.63, 3.8) is 0 Å². The van der Waals surface area contributed by atoms with Gasteiger partial charge in [-0.2, -0.15) is 0 Å². The lowest BCUT2D eigenvalue weighted by Gasteiger charge is -1.92. The van der Waals surface area contributed by atoms with Crippen molar-refractivity contribution >= 4 is 45.0 Å². The summed E-state index contributed by atoms with van der Waals surface area (Å²) in [4.78, 5) is 7.21. The van der Waals surface area contributed by atoms with Crippen LogP contribution in [0.15, 0.2) is 30.5 Å². The van der Waals surface area contributed by atoms with Gasteiger partial charge >= 0.3 is 0 Å². The minimum absolute atomic E-state index is 0.472. The van der Waals surface area contributed by atoms with E-state index in [2.05, 4.69) is 9.97 Å². The van der Waals surface area contributed by atoms with E-state index in [0.29, 0.717) is 10.2 Å². The van der Waals surface area contributed by atoms with Crippen LogP contribution in [0.4, 0.5) is 0 Å². The number of benzene rings is 1. The van der Waals surface area contributed by atoms with Crippen LogP contribution in [-0.2, 0) is 0 Å². The van der Waals surface area contributed by atoms with E-state index in [1.54, 1.807) is 6.20 Å². The molecular weight excluding hydrogens is 231 g/mol. The topological polar surface area (TPSA) is 28.7 Å². The standard InChI is InChI=1S/C11H6Cl2N2/c12-8-3-1-2-6-7-4-5-14-11(13)10(7)15-9(6)8/h1-5,15H. The molecule has 0 aliphatic rings. The number of hydrogen-bond donors (Lipinski definition) is 1. The van der Waals surface area contributed by atoms with Crippen molar-refractivity contribution in [3.05, 3.63) is 40.6 Å². The summed E-state index contributed by atoms with van der Waals surface area (Å²) in [5, 5.41) is 3.29. The van der Waals surface area contributed by atoms with Gasteiger partial charge in [0.05, 0.1) is 16.1 Å². The third-order valence-electron chi connectivity index (χ3n) is 2.46. The Morgan fingerprint density at radius 3 is 2.67 bits per heavy atom. The SMILES string of the molecule is Clc1cccc2c1[nH]c1c(Cl)nccc12.